The summed E-state index contributed by atoms with van der Waals surface area (Å²) in [6.07, 6.45) is 2.29. The van der Waals surface area contributed by atoms with E-state index in [1.807, 2.05) is 0 Å². The van der Waals surface area contributed by atoms with Gasteiger partial charge in [-0.15, -0.1) is 0 Å². The van der Waals surface area contributed by atoms with Crippen molar-refractivity contribution in [3.63, 3.8) is 0 Å². The van der Waals surface area contributed by atoms with Gasteiger partial charge in [0.15, 0.2) is 0 Å². The number of hydrogen-bond acceptors (Lipinski definition) is 3. The van der Waals surface area contributed by atoms with E-state index in [-0.39, 0.29) is 0 Å². The van der Waals surface area contributed by atoms with E-state index < -0.39 is 0 Å². The van der Waals surface area contributed by atoms with Gasteiger partial charge in [-0.05, 0) is 55.5 Å². The predicted molar refractivity (Wildman–Crippen MR) is 95.0 cm³/mol. The van der Waals surface area contributed by atoms with Gasteiger partial charge in [0.05, 0.1) is 22.2 Å². The standard InChI is InChI=1S/C16H25Br2NO2/c1-4-12(5-2)11-21-16-14(17)8-13(9-15(16)18)10-19-6-7-20-3/h8-9,12,19H,4-7,10-11H2,1-3H3. The number of methoxy groups -OCH3 is 1. The average molecular weight is 423 g/mol. The van der Waals surface area contributed by atoms with Crippen LogP contribution in [0.4, 0.5) is 0 Å². The van der Waals surface area contributed by atoms with Gasteiger partial charge < -0.3 is 14.8 Å². The third-order valence-electron chi connectivity index (χ3n) is 3.49. The summed E-state index contributed by atoms with van der Waals surface area (Å²) in [6, 6.07) is 4.21. The molecule has 0 aliphatic heterocycles. The number of benzene rings is 1. The zero-order valence-corrected chi connectivity index (χ0v) is 16.2. The second-order valence-corrected chi connectivity index (χ2v) is 6.76. The highest BCUT2D eigenvalue weighted by Gasteiger charge is 2.11. The van der Waals surface area contributed by atoms with Crippen molar-refractivity contribution >= 4 is 31.9 Å². The zero-order chi connectivity index (χ0) is 15.7. The van der Waals surface area contributed by atoms with Crippen LogP contribution in [0.15, 0.2) is 21.1 Å². The minimum absolute atomic E-state index is 0.610. The molecule has 0 fully saturated rings. The molecule has 3 nitrogen and oxygen atoms in total. The molecular formula is C16H25Br2NO2. The van der Waals surface area contributed by atoms with Crippen LogP contribution in [0.2, 0.25) is 0 Å². The average Bonchev–Trinajstić information content (AvgIpc) is 2.47. The lowest BCUT2D eigenvalue weighted by Gasteiger charge is -2.17. The molecule has 0 radical (unpaired) electrons. The SMILES string of the molecule is CCC(CC)COc1c(Br)cc(CNCCOC)cc1Br. The molecule has 120 valence electrons. The molecule has 0 saturated heterocycles. The van der Waals surface area contributed by atoms with Gasteiger partial charge in [-0.25, -0.2) is 0 Å². The van der Waals surface area contributed by atoms with Gasteiger partial charge in [-0.2, -0.15) is 0 Å². The molecule has 1 aromatic carbocycles. The van der Waals surface area contributed by atoms with Crippen LogP contribution in [0, 0.1) is 5.92 Å². The fourth-order valence-corrected chi connectivity index (χ4v) is 3.50. The Hall–Kier alpha value is -0.100. The molecule has 0 atom stereocenters. The highest BCUT2D eigenvalue weighted by atomic mass is 79.9. The van der Waals surface area contributed by atoms with Gasteiger partial charge in [0.25, 0.3) is 0 Å². The highest BCUT2D eigenvalue weighted by Crippen LogP contribution is 2.35. The van der Waals surface area contributed by atoms with Crippen LogP contribution >= 0.6 is 31.9 Å². The molecule has 0 heterocycles. The lowest BCUT2D eigenvalue weighted by Crippen LogP contribution is -2.18. The fourth-order valence-electron chi connectivity index (χ4n) is 1.98. The molecule has 0 saturated carbocycles. The Morgan fingerprint density at radius 1 is 1.14 bits per heavy atom. The second kappa shape index (κ2) is 10.6. The second-order valence-electron chi connectivity index (χ2n) is 5.05. The van der Waals surface area contributed by atoms with Gasteiger partial charge in [-0.3, -0.25) is 0 Å². The first-order valence-corrected chi connectivity index (χ1v) is 9.01. The lowest BCUT2D eigenvalue weighted by atomic mass is 10.1. The zero-order valence-electron chi connectivity index (χ0n) is 13.0. The Balaban J connectivity index is 2.62. The third-order valence-corrected chi connectivity index (χ3v) is 4.67. The molecule has 0 unspecified atom stereocenters. The quantitative estimate of drug-likeness (QED) is 0.551. The Kier molecular flexibility index (Phi) is 9.56. The van der Waals surface area contributed by atoms with Crippen molar-refractivity contribution in [1.29, 1.82) is 0 Å². The third kappa shape index (κ3) is 6.68. The molecule has 0 aliphatic carbocycles. The van der Waals surface area contributed by atoms with Crippen molar-refractivity contribution in [2.45, 2.75) is 33.2 Å². The minimum Gasteiger partial charge on any atom is -0.491 e. The monoisotopic (exact) mass is 421 g/mol. The van der Waals surface area contributed by atoms with E-state index in [9.17, 15) is 0 Å². The molecule has 1 rings (SSSR count). The van der Waals surface area contributed by atoms with Crippen molar-refractivity contribution in [3.8, 4) is 5.75 Å². The van der Waals surface area contributed by atoms with E-state index in [4.69, 9.17) is 9.47 Å². The van der Waals surface area contributed by atoms with Gasteiger partial charge in [0.1, 0.15) is 5.75 Å². The smallest absolute Gasteiger partial charge is 0.147 e. The minimum atomic E-state index is 0.610. The van der Waals surface area contributed by atoms with Crippen LogP contribution in [-0.2, 0) is 11.3 Å². The number of halogens is 2. The van der Waals surface area contributed by atoms with E-state index in [0.717, 1.165) is 53.8 Å². The van der Waals surface area contributed by atoms with Crippen LogP contribution < -0.4 is 10.1 Å². The van der Waals surface area contributed by atoms with Gasteiger partial charge in [-0.1, -0.05) is 26.7 Å². The first kappa shape index (κ1) is 18.9. The Morgan fingerprint density at radius 2 is 1.76 bits per heavy atom. The maximum Gasteiger partial charge on any atom is 0.147 e. The first-order valence-electron chi connectivity index (χ1n) is 7.42. The van der Waals surface area contributed by atoms with Crippen molar-refractivity contribution < 1.29 is 9.47 Å². The Labute approximate surface area is 145 Å². The number of rotatable bonds is 10. The van der Waals surface area contributed by atoms with Crippen molar-refractivity contribution in [2.75, 3.05) is 26.9 Å². The summed E-state index contributed by atoms with van der Waals surface area (Å²) in [5, 5.41) is 3.34. The molecule has 0 aliphatic rings. The number of ether oxygens (including phenoxy) is 2. The summed E-state index contributed by atoms with van der Waals surface area (Å²) in [4.78, 5) is 0. The Bertz CT molecular complexity index is 400. The van der Waals surface area contributed by atoms with E-state index in [2.05, 4.69) is 63.2 Å². The molecular weight excluding hydrogens is 398 g/mol. The summed E-state index contributed by atoms with van der Waals surface area (Å²) in [6.45, 7) is 7.55. The summed E-state index contributed by atoms with van der Waals surface area (Å²) in [5.74, 6) is 1.50. The van der Waals surface area contributed by atoms with Crippen molar-refractivity contribution in [2.24, 2.45) is 5.92 Å². The summed E-state index contributed by atoms with van der Waals surface area (Å²) < 4.78 is 13.0. The number of nitrogens with one attached hydrogen (secondary N) is 1. The van der Waals surface area contributed by atoms with Crippen LogP contribution in [0.5, 0.6) is 5.75 Å². The molecule has 1 N–H and O–H groups in total. The maximum absolute atomic E-state index is 5.98. The van der Waals surface area contributed by atoms with E-state index >= 15 is 0 Å². The summed E-state index contributed by atoms with van der Waals surface area (Å²) in [7, 11) is 1.71. The lowest BCUT2D eigenvalue weighted by molar-refractivity contribution is 0.199. The highest BCUT2D eigenvalue weighted by molar-refractivity contribution is 9.11. The molecule has 0 bridgehead atoms. The molecule has 5 heteroatoms. The van der Waals surface area contributed by atoms with Crippen LogP contribution in [-0.4, -0.2) is 26.9 Å². The van der Waals surface area contributed by atoms with Crippen LogP contribution in [0.1, 0.15) is 32.3 Å². The van der Waals surface area contributed by atoms with Crippen LogP contribution in [0.3, 0.4) is 0 Å². The normalized spacial score (nSPS) is 11.1. The molecule has 21 heavy (non-hydrogen) atoms. The molecule has 0 amide bonds. The topological polar surface area (TPSA) is 30.5 Å². The van der Waals surface area contributed by atoms with E-state index in [1.165, 1.54) is 5.56 Å². The summed E-state index contributed by atoms with van der Waals surface area (Å²) in [5.41, 5.74) is 1.21. The molecule has 1 aromatic rings. The van der Waals surface area contributed by atoms with E-state index in [0.29, 0.717) is 5.92 Å². The summed E-state index contributed by atoms with van der Waals surface area (Å²) >= 11 is 7.21. The van der Waals surface area contributed by atoms with Gasteiger partial charge in [0, 0.05) is 20.2 Å². The molecule has 0 aromatic heterocycles. The molecule has 0 spiro atoms. The van der Waals surface area contributed by atoms with E-state index in [1.54, 1.807) is 7.11 Å². The van der Waals surface area contributed by atoms with Crippen molar-refractivity contribution in [1.82, 2.24) is 5.32 Å². The fraction of sp³-hybridized carbons (Fsp3) is 0.625. The largest absolute Gasteiger partial charge is 0.491 e. The van der Waals surface area contributed by atoms with Gasteiger partial charge in [0.2, 0.25) is 0 Å². The first-order chi connectivity index (χ1) is 10.1. The predicted octanol–water partition coefficient (Wildman–Crippen LogP) is 4.76. The van der Waals surface area contributed by atoms with Crippen molar-refractivity contribution in [3.05, 3.63) is 26.6 Å². The Morgan fingerprint density at radius 3 is 2.29 bits per heavy atom. The van der Waals surface area contributed by atoms with Gasteiger partial charge >= 0.3 is 0 Å². The number of hydrogen-bond donors (Lipinski definition) is 1. The van der Waals surface area contributed by atoms with Crippen LogP contribution in [0.25, 0.3) is 0 Å². The maximum atomic E-state index is 5.98.